The fourth-order valence-corrected chi connectivity index (χ4v) is 1.85. The second-order valence-corrected chi connectivity index (χ2v) is 4.96. The number of amides is 1. The molecule has 20 heavy (non-hydrogen) atoms. The predicted molar refractivity (Wildman–Crippen MR) is 84.0 cm³/mol. The van der Waals surface area contributed by atoms with E-state index in [9.17, 15) is 4.79 Å². The molecule has 0 saturated heterocycles. The van der Waals surface area contributed by atoms with Gasteiger partial charge in [0.2, 0.25) is 0 Å². The minimum atomic E-state index is -0.137. The highest BCUT2D eigenvalue weighted by atomic mass is 16.1. The molecule has 0 saturated carbocycles. The number of hydrogen-bond acceptors (Lipinski definition) is 3. The number of anilines is 3. The molecule has 0 fully saturated rings. The molecule has 1 amide bonds. The maximum absolute atomic E-state index is 12.2. The van der Waals surface area contributed by atoms with Crippen molar-refractivity contribution in [2.24, 2.45) is 0 Å². The summed E-state index contributed by atoms with van der Waals surface area (Å²) in [7, 11) is 0. The summed E-state index contributed by atoms with van der Waals surface area (Å²) < 4.78 is 0. The molecule has 4 nitrogen and oxygen atoms in total. The van der Waals surface area contributed by atoms with E-state index in [4.69, 9.17) is 5.73 Å². The molecule has 0 unspecified atom stereocenters. The van der Waals surface area contributed by atoms with Crippen molar-refractivity contribution >= 4 is 23.0 Å². The van der Waals surface area contributed by atoms with Crippen LogP contribution in [0.3, 0.4) is 0 Å². The number of carbonyl (C=O) groups excluding carboxylic acids is 1. The van der Waals surface area contributed by atoms with Crippen molar-refractivity contribution in [3.05, 3.63) is 54.1 Å². The SMILES string of the molecule is CC(C)Nc1cccc(C(=O)Nc2ccc(N)cc2)c1. The van der Waals surface area contributed by atoms with Crippen LogP contribution in [0.15, 0.2) is 48.5 Å². The molecule has 0 aliphatic carbocycles. The highest BCUT2D eigenvalue weighted by Crippen LogP contribution is 2.15. The van der Waals surface area contributed by atoms with E-state index < -0.39 is 0 Å². The number of nitrogens with one attached hydrogen (secondary N) is 2. The van der Waals surface area contributed by atoms with E-state index >= 15 is 0 Å². The monoisotopic (exact) mass is 269 g/mol. The van der Waals surface area contributed by atoms with Gasteiger partial charge >= 0.3 is 0 Å². The molecule has 4 N–H and O–H groups in total. The van der Waals surface area contributed by atoms with E-state index in [1.165, 1.54) is 0 Å². The van der Waals surface area contributed by atoms with Crippen molar-refractivity contribution in [3.8, 4) is 0 Å². The van der Waals surface area contributed by atoms with Crippen LogP contribution in [-0.4, -0.2) is 11.9 Å². The van der Waals surface area contributed by atoms with Crippen LogP contribution in [0.2, 0.25) is 0 Å². The number of nitrogen functional groups attached to an aromatic ring is 1. The summed E-state index contributed by atoms with van der Waals surface area (Å²) in [4.78, 5) is 12.2. The van der Waals surface area contributed by atoms with Gasteiger partial charge in [-0.3, -0.25) is 4.79 Å². The van der Waals surface area contributed by atoms with E-state index in [2.05, 4.69) is 24.5 Å². The smallest absolute Gasteiger partial charge is 0.255 e. The minimum absolute atomic E-state index is 0.137. The van der Waals surface area contributed by atoms with Crippen molar-refractivity contribution in [3.63, 3.8) is 0 Å². The van der Waals surface area contributed by atoms with Gasteiger partial charge < -0.3 is 16.4 Å². The summed E-state index contributed by atoms with van der Waals surface area (Å²) in [6.07, 6.45) is 0. The van der Waals surface area contributed by atoms with Gasteiger partial charge in [0.1, 0.15) is 0 Å². The van der Waals surface area contributed by atoms with Gasteiger partial charge in [-0.1, -0.05) is 6.07 Å². The summed E-state index contributed by atoms with van der Waals surface area (Å²) in [6, 6.07) is 14.8. The highest BCUT2D eigenvalue weighted by molar-refractivity contribution is 6.04. The Bertz CT molecular complexity index is 591. The molecule has 0 heterocycles. The van der Waals surface area contributed by atoms with Crippen molar-refractivity contribution in [2.75, 3.05) is 16.4 Å². The summed E-state index contributed by atoms with van der Waals surface area (Å²) >= 11 is 0. The number of nitrogens with two attached hydrogens (primary N) is 1. The van der Waals surface area contributed by atoms with Gasteiger partial charge in [0.15, 0.2) is 0 Å². The zero-order valence-electron chi connectivity index (χ0n) is 11.7. The van der Waals surface area contributed by atoms with Crippen LogP contribution < -0.4 is 16.4 Å². The molecule has 2 aromatic rings. The maximum Gasteiger partial charge on any atom is 0.255 e. The largest absolute Gasteiger partial charge is 0.399 e. The molecule has 2 rings (SSSR count). The van der Waals surface area contributed by atoms with Gasteiger partial charge in [0.25, 0.3) is 5.91 Å². The van der Waals surface area contributed by atoms with Gasteiger partial charge in [0, 0.05) is 28.7 Å². The topological polar surface area (TPSA) is 67.2 Å². The van der Waals surface area contributed by atoms with Crippen LogP contribution in [0, 0.1) is 0 Å². The first-order chi connectivity index (χ1) is 9.54. The quantitative estimate of drug-likeness (QED) is 0.746. The molecule has 104 valence electrons. The van der Waals surface area contributed by atoms with Gasteiger partial charge in [0.05, 0.1) is 0 Å². The van der Waals surface area contributed by atoms with E-state index in [1.54, 1.807) is 30.3 Å². The van der Waals surface area contributed by atoms with Gasteiger partial charge in [-0.15, -0.1) is 0 Å². The summed E-state index contributed by atoms with van der Waals surface area (Å²) in [5.74, 6) is -0.137. The molecular formula is C16H19N3O. The lowest BCUT2D eigenvalue weighted by Gasteiger charge is -2.11. The molecule has 0 aromatic heterocycles. The molecule has 0 bridgehead atoms. The van der Waals surface area contributed by atoms with Crippen LogP contribution in [-0.2, 0) is 0 Å². The Hall–Kier alpha value is -2.49. The fourth-order valence-electron chi connectivity index (χ4n) is 1.85. The van der Waals surface area contributed by atoms with Crippen LogP contribution in [0.1, 0.15) is 24.2 Å². The standard InChI is InChI=1S/C16H19N3O/c1-11(2)18-15-5-3-4-12(10-15)16(20)19-14-8-6-13(17)7-9-14/h3-11,18H,17H2,1-2H3,(H,19,20). The third-order valence-electron chi connectivity index (χ3n) is 2.75. The molecule has 0 spiro atoms. The maximum atomic E-state index is 12.2. The Labute approximate surface area is 119 Å². The second-order valence-electron chi connectivity index (χ2n) is 4.96. The summed E-state index contributed by atoms with van der Waals surface area (Å²) in [5, 5.41) is 6.12. The van der Waals surface area contributed by atoms with Crippen molar-refractivity contribution < 1.29 is 4.79 Å². The molecule has 4 heteroatoms. The first-order valence-corrected chi connectivity index (χ1v) is 6.58. The Morgan fingerprint density at radius 2 is 1.75 bits per heavy atom. The molecule has 2 aromatic carbocycles. The van der Waals surface area contributed by atoms with Crippen LogP contribution in [0.5, 0.6) is 0 Å². The Kier molecular flexibility index (Phi) is 4.25. The first kappa shape index (κ1) is 13.9. The van der Waals surface area contributed by atoms with Gasteiger partial charge in [-0.05, 0) is 56.3 Å². The average Bonchev–Trinajstić information content (AvgIpc) is 2.41. The number of benzene rings is 2. The zero-order valence-corrected chi connectivity index (χ0v) is 11.7. The molecule has 0 radical (unpaired) electrons. The van der Waals surface area contributed by atoms with E-state index in [0.717, 1.165) is 11.4 Å². The first-order valence-electron chi connectivity index (χ1n) is 6.58. The average molecular weight is 269 g/mol. The summed E-state index contributed by atoms with van der Waals surface area (Å²) in [5.41, 5.74) is 8.57. The van der Waals surface area contributed by atoms with Gasteiger partial charge in [-0.2, -0.15) is 0 Å². The van der Waals surface area contributed by atoms with Crippen molar-refractivity contribution in [2.45, 2.75) is 19.9 Å². The Morgan fingerprint density at radius 3 is 2.40 bits per heavy atom. The molecular weight excluding hydrogens is 250 g/mol. The second kappa shape index (κ2) is 6.10. The molecule has 0 aliphatic rings. The van der Waals surface area contributed by atoms with Crippen LogP contribution in [0.25, 0.3) is 0 Å². The summed E-state index contributed by atoms with van der Waals surface area (Å²) in [6.45, 7) is 4.11. The van der Waals surface area contributed by atoms with Crippen molar-refractivity contribution in [1.82, 2.24) is 0 Å². The van der Waals surface area contributed by atoms with E-state index in [-0.39, 0.29) is 5.91 Å². The fraction of sp³-hybridized carbons (Fsp3) is 0.188. The number of carbonyl (C=O) groups is 1. The lowest BCUT2D eigenvalue weighted by Crippen LogP contribution is -2.14. The van der Waals surface area contributed by atoms with E-state index in [0.29, 0.717) is 17.3 Å². The lowest BCUT2D eigenvalue weighted by molar-refractivity contribution is 0.102. The predicted octanol–water partition coefficient (Wildman–Crippen LogP) is 3.34. The van der Waals surface area contributed by atoms with Crippen molar-refractivity contribution in [1.29, 1.82) is 0 Å². The third-order valence-corrected chi connectivity index (χ3v) is 2.75. The number of hydrogen-bond donors (Lipinski definition) is 3. The Morgan fingerprint density at radius 1 is 1.05 bits per heavy atom. The minimum Gasteiger partial charge on any atom is -0.399 e. The lowest BCUT2D eigenvalue weighted by atomic mass is 10.1. The highest BCUT2D eigenvalue weighted by Gasteiger charge is 2.07. The number of rotatable bonds is 4. The molecule has 0 aliphatic heterocycles. The van der Waals surface area contributed by atoms with Crippen LogP contribution >= 0.6 is 0 Å². The van der Waals surface area contributed by atoms with E-state index in [1.807, 2.05) is 18.2 Å². The molecule has 0 atom stereocenters. The normalized spacial score (nSPS) is 10.3. The zero-order chi connectivity index (χ0) is 14.5. The van der Waals surface area contributed by atoms with Crippen LogP contribution in [0.4, 0.5) is 17.1 Å². The third kappa shape index (κ3) is 3.75. The Balaban J connectivity index is 2.10. The van der Waals surface area contributed by atoms with Gasteiger partial charge in [-0.25, -0.2) is 0 Å².